The van der Waals surface area contributed by atoms with E-state index in [1.54, 1.807) is 19.9 Å². The van der Waals surface area contributed by atoms with Gasteiger partial charge in [0.1, 0.15) is 12.2 Å². The summed E-state index contributed by atoms with van der Waals surface area (Å²) in [6.45, 7) is 4.79. The number of nitrogens with zero attached hydrogens (tertiary/aromatic N) is 2. The number of ether oxygens (including phenoxy) is 2. The van der Waals surface area contributed by atoms with Crippen LogP contribution in [0.15, 0.2) is 29.2 Å². The van der Waals surface area contributed by atoms with Crippen molar-refractivity contribution in [2.75, 3.05) is 31.8 Å². The van der Waals surface area contributed by atoms with Crippen LogP contribution in [0, 0.1) is 0 Å². The number of ketones is 1. The highest BCUT2D eigenvalue weighted by Gasteiger charge is 2.21. The number of carbonyl (C=O) groups is 2. The maximum absolute atomic E-state index is 12.6. The van der Waals surface area contributed by atoms with Crippen molar-refractivity contribution in [1.29, 1.82) is 0 Å². The lowest BCUT2D eigenvalue weighted by molar-refractivity contribution is 0.103. The maximum atomic E-state index is 12.6. The smallest absolute Gasteiger partial charge is 0.414 e. The predicted molar refractivity (Wildman–Crippen MR) is 102 cm³/mol. The van der Waals surface area contributed by atoms with Gasteiger partial charge in [-0.25, -0.2) is 4.79 Å². The summed E-state index contributed by atoms with van der Waals surface area (Å²) in [6.07, 6.45) is 0.824. The molecule has 146 valence electrons. The van der Waals surface area contributed by atoms with Gasteiger partial charge < -0.3 is 14.6 Å². The second-order valence-corrected chi connectivity index (χ2v) is 5.99. The van der Waals surface area contributed by atoms with Gasteiger partial charge in [0.05, 0.1) is 11.6 Å². The number of aromatic amines is 1. The van der Waals surface area contributed by atoms with Gasteiger partial charge in [-0.15, -0.1) is 0 Å². The number of nitrogens with one attached hydrogen (secondary N) is 1. The molecule has 0 saturated heterocycles. The van der Waals surface area contributed by atoms with E-state index in [9.17, 15) is 14.4 Å². The third-order valence-corrected chi connectivity index (χ3v) is 4.27. The van der Waals surface area contributed by atoms with Gasteiger partial charge in [0.2, 0.25) is 5.78 Å². The van der Waals surface area contributed by atoms with Crippen molar-refractivity contribution in [3.8, 4) is 0 Å². The van der Waals surface area contributed by atoms with E-state index >= 15 is 0 Å². The molecule has 0 bridgehead atoms. The van der Waals surface area contributed by atoms with Gasteiger partial charge in [0.25, 0.3) is 5.56 Å². The lowest BCUT2D eigenvalue weighted by Gasteiger charge is -2.21. The third kappa shape index (κ3) is 4.58. The summed E-state index contributed by atoms with van der Waals surface area (Å²) in [5.74, 6) is -0.481. The Hall–Kier alpha value is -2.58. The fourth-order valence-corrected chi connectivity index (χ4v) is 2.77. The van der Waals surface area contributed by atoms with Crippen LogP contribution >= 0.6 is 11.6 Å². The van der Waals surface area contributed by atoms with Crippen LogP contribution < -0.4 is 10.5 Å². The molecule has 1 aromatic heterocycles. The average Bonchev–Trinajstić information content (AvgIpc) is 3.02. The Kier molecular flexibility index (Phi) is 7.20. The molecule has 0 aliphatic rings. The average molecular weight is 396 g/mol. The Morgan fingerprint density at radius 3 is 2.52 bits per heavy atom. The Balaban J connectivity index is 2.25. The minimum atomic E-state index is -0.541. The number of hydrogen-bond donors (Lipinski definition) is 1. The van der Waals surface area contributed by atoms with Crippen LogP contribution in [-0.4, -0.2) is 48.5 Å². The number of H-pyrrole nitrogens is 1. The topological polar surface area (TPSA) is 93.6 Å². The van der Waals surface area contributed by atoms with Gasteiger partial charge in [0, 0.05) is 37.6 Å². The van der Waals surface area contributed by atoms with Crippen molar-refractivity contribution in [2.24, 2.45) is 0 Å². The summed E-state index contributed by atoms with van der Waals surface area (Å²) >= 11 is 6.26. The van der Waals surface area contributed by atoms with E-state index < -0.39 is 17.4 Å². The first-order chi connectivity index (χ1) is 12.9. The van der Waals surface area contributed by atoms with E-state index in [0.29, 0.717) is 25.4 Å². The Morgan fingerprint density at radius 1 is 1.22 bits per heavy atom. The zero-order valence-corrected chi connectivity index (χ0v) is 16.2. The quantitative estimate of drug-likeness (QED) is 0.548. The molecule has 0 spiro atoms. The van der Waals surface area contributed by atoms with Crippen molar-refractivity contribution >= 4 is 29.2 Å². The molecule has 8 nitrogen and oxygen atoms in total. The monoisotopic (exact) mass is 395 g/mol. The molecule has 2 rings (SSSR count). The first-order valence-electron chi connectivity index (χ1n) is 8.50. The molecule has 0 fully saturated rings. The van der Waals surface area contributed by atoms with Crippen LogP contribution in [0.4, 0.5) is 10.5 Å². The van der Waals surface area contributed by atoms with E-state index in [1.807, 2.05) is 0 Å². The van der Waals surface area contributed by atoms with Crippen molar-refractivity contribution in [1.82, 2.24) is 9.78 Å². The predicted octanol–water partition coefficient (Wildman–Crippen LogP) is 2.69. The normalized spacial score (nSPS) is 10.7. The number of aryl methyl sites for hydroxylation is 1. The van der Waals surface area contributed by atoms with Crippen molar-refractivity contribution in [3.05, 3.63) is 50.9 Å². The van der Waals surface area contributed by atoms with Crippen molar-refractivity contribution in [2.45, 2.75) is 20.4 Å². The minimum absolute atomic E-state index is 0.0119. The minimum Gasteiger partial charge on any atom is -0.447 e. The maximum Gasteiger partial charge on any atom is 0.414 e. The second-order valence-electron chi connectivity index (χ2n) is 5.58. The van der Waals surface area contributed by atoms with E-state index in [2.05, 4.69) is 5.10 Å². The molecule has 0 unspecified atom stereocenters. The van der Waals surface area contributed by atoms with Crippen LogP contribution in [0.1, 0.15) is 29.8 Å². The number of halogens is 1. The zero-order valence-electron chi connectivity index (χ0n) is 15.5. The highest BCUT2D eigenvalue weighted by molar-refractivity contribution is 6.35. The van der Waals surface area contributed by atoms with Gasteiger partial charge >= 0.3 is 6.09 Å². The van der Waals surface area contributed by atoms with Gasteiger partial charge in [-0.1, -0.05) is 11.6 Å². The summed E-state index contributed by atoms with van der Waals surface area (Å²) in [5.41, 5.74) is 0.280. The molecular weight excluding hydrogens is 374 g/mol. The number of benzene rings is 1. The molecule has 1 heterocycles. The molecule has 2 aromatic rings. The van der Waals surface area contributed by atoms with E-state index in [1.165, 1.54) is 35.0 Å². The summed E-state index contributed by atoms with van der Waals surface area (Å²) in [4.78, 5) is 38.3. The lowest BCUT2D eigenvalue weighted by atomic mass is 10.1. The molecule has 0 radical (unpaired) electrons. The molecule has 27 heavy (non-hydrogen) atoms. The van der Waals surface area contributed by atoms with Crippen LogP contribution in [0.3, 0.4) is 0 Å². The fraction of sp³-hybridized carbons (Fsp3) is 0.389. The molecule has 9 heteroatoms. The summed E-state index contributed by atoms with van der Waals surface area (Å²) in [6, 6.07) is 4.58. The fourth-order valence-electron chi connectivity index (χ4n) is 2.51. The Labute approximate surface area is 161 Å². The molecule has 0 aliphatic carbocycles. The van der Waals surface area contributed by atoms with E-state index in [-0.39, 0.29) is 22.8 Å². The molecule has 0 saturated carbocycles. The van der Waals surface area contributed by atoms with Crippen molar-refractivity contribution < 1.29 is 19.1 Å². The first kappa shape index (κ1) is 20.7. The van der Waals surface area contributed by atoms with Crippen molar-refractivity contribution in [3.63, 3.8) is 0 Å². The van der Waals surface area contributed by atoms with Gasteiger partial charge in [0.15, 0.2) is 0 Å². The lowest BCUT2D eigenvalue weighted by Crippen LogP contribution is -2.32. The van der Waals surface area contributed by atoms with Gasteiger partial charge in [-0.05, 0) is 32.0 Å². The molecular formula is C18H22ClN3O5. The number of hydrogen-bond acceptors (Lipinski definition) is 5. The summed E-state index contributed by atoms with van der Waals surface area (Å²) in [7, 11) is 1.51. The second kappa shape index (κ2) is 9.38. The molecule has 0 atom stereocenters. The summed E-state index contributed by atoms with van der Waals surface area (Å²) in [5, 5.41) is 2.88. The Bertz CT molecular complexity index is 874. The number of amides is 1. The van der Waals surface area contributed by atoms with Crippen LogP contribution in [-0.2, 0) is 16.0 Å². The SMILES string of the molecule is CCN(C(=O)OCCOC)c1ccc(C(=O)c2c[nH]n(CC)c2=O)c(Cl)c1. The number of carbonyl (C=O) groups excluding carboxylic acids is 2. The zero-order chi connectivity index (χ0) is 20.0. The van der Waals surface area contributed by atoms with Crippen LogP contribution in [0.5, 0.6) is 0 Å². The third-order valence-electron chi connectivity index (χ3n) is 3.96. The molecule has 1 aromatic carbocycles. The van der Waals surface area contributed by atoms with Gasteiger partial charge in [-0.3, -0.25) is 19.2 Å². The standard InChI is InChI=1S/C18H22ClN3O5/c1-4-21(18(25)27-9-8-26-3)12-6-7-13(15(19)10-12)16(23)14-11-20-22(5-2)17(14)24/h6-7,10-11,20H,4-5,8-9H2,1-3H3. The highest BCUT2D eigenvalue weighted by Crippen LogP contribution is 2.25. The number of aromatic nitrogens is 2. The highest BCUT2D eigenvalue weighted by atomic mass is 35.5. The Morgan fingerprint density at radius 2 is 1.96 bits per heavy atom. The van der Waals surface area contributed by atoms with E-state index in [4.69, 9.17) is 21.1 Å². The van der Waals surface area contributed by atoms with Gasteiger partial charge in [-0.2, -0.15) is 0 Å². The molecule has 1 N–H and O–H groups in total. The molecule has 1 amide bonds. The molecule has 0 aliphatic heterocycles. The first-order valence-corrected chi connectivity index (χ1v) is 8.88. The summed E-state index contributed by atoms with van der Waals surface area (Å²) < 4.78 is 11.3. The number of rotatable bonds is 8. The number of anilines is 1. The van der Waals surface area contributed by atoms with Crippen LogP contribution in [0.2, 0.25) is 5.02 Å². The number of methoxy groups -OCH3 is 1. The van der Waals surface area contributed by atoms with Crippen LogP contribution in [0.25, 0.3) is 0 Å². The largest absolute Gasteiger partial charge is 0.447 e. The van der Waals surface area contributed by atoms with E-state index in [0.717, 1.165) is 0 Å².